The molecule has 3 aliphatic carbocycles. The molecule has 2 heterocycles. The van der Waals surface area contributed by atoms with E-state index in [1.807, 2.05) is 0 Å². The van der Waals surface area contributed by atoms with Gasteiger partial charge in [-0.1, -0.05) is 0 Å². The second-order valence-electron chi connectivity index (χ2n) is 5.50. The first-order chi connectivity index (χ1) is 5.45. The zero-order chi connectivity index (χ0) is 6.74. The molecule has 2 bridgehead atoms. The lowest BCUT2D eigenvalue weighted by Crippen LogP contribution is -2.43. The van der Waals surface area contributed by atoms with E-state index in [2.05, 4.69) is 5.32 Å². The SMILES string of the molecule is C1C2C3CC4C1C1C2NC3C41. The molecule has 0 aromatic heterocycles. The van der Waals surface area contributed by atoms with E-state index in [1.165, 1.54) is 23.7 Å². The quantitative estimate of drug-likeness (QED) is 0.536. The predicted octanol–water partition coefficient (Wildman–Crippen LogP) is 0.859. The summed E-state index contributed by atoms with van der Waals surface area (Å²) in [5, 5.41) is 3.87. The number of hydrogen-bond donors (Lipinski definition) is 1. The van der Waals surface area contributed by atoms with E-state index in [0.717, 1.165) is 23.9 Å². The highest BCUT2D eigenvalue weighted by molar-refractivity contribution is 5.29. The molecule has 5 rings (SSSR count). The molecule has 8 atom stereocenters. The van der Waals surface area contributed by atoms with Crippen LogP contribution in [0, 0.1) is 35.5 Å². The molecule has 2 saturated heterocycles. The molecule has 0 radical (unpaired) electrons. The van der Waals surface area contributed by atoms with Crippen molar-refractivity contribution < 1.29 is 0 Å². The number of rotatable bonds is 0. The van der Waals surface area contributed by atoms with E-state index in [9.17, 15) is 0 Å². The molecule has 1 heteroatoms. The van der Waals surface area contributed by atoms with Gasteiger partial charge in [-0.15, -0.1) is 0 Å². The average Bonchev–Trinajstić information content (AvgIpc) is 2.45. The van der Waals surface area contributed by atoms with Crippen LogP contribution >= 0.6 is 0 Å². The normalized spacial score (nSPS) is 85.1. The summed E-state index contributed by atoms with van der Waals surface area (Å²) in [5.41, 5.74) is 0. The van der Waals surface area contributed by atoms with Crippen molar-refractivity contribution in [1.29, 1.82) is 0 Å². The first kappa shape index (κ1) is 4.86. The fourth-order valence-corrected chi connectivity index (χ4v) is 5.74. The predicted molar refractivity (Wildman–Crippen MR) is 40.9 cm³/mol. The Labute approximate surface area is 66.5 Å². The van der Waals surface area contributed by atoms with Crippen LogP contribution in [-0.2, 0) is 0 Å². The summed E-state index contributed by atoms with van der Waals surface area (Å²) >= 11 is 0. The van der Waals surface area contributed by atoms with Crippen molar-refractivity contribution in [3.05, 3.63) is 0 Å². The summed E-state index contributed by atoms with van der Waals surface area (Å²) in [6.07, 6.45) is 3.23. The Bertz CT molecular complexity index is 206. The van der Waals surface area contributed by atoms with Gasteiger partial charge in [0.05, 0.1) is 0 Å². The Morgan fingerprint density at radius 1 is 0.727 bits per heavy atom. The molecule has 58 valence electrons. The van der Waals surface area contributed by atoms with Crippen molar-refractivity contribution >= 4 is 0 Å². The van der Waals surface area contributed by atoms with Crippen LogP contribution in [0.3, 0.4) is 0 Å². The van der Waals surface area contributed by atoms with E-state index in [1.54, 1.807) is 12.8 Å². The van der Waals surface area contributed by atoms with Gasteiger partial charge in [0.15, 0.2) is 0 Å². The van der Waals surface area contributed by atoms with Gasteiger partial charge in [0.2, 0.25) is 0 Å². The monoisotopic (exact) mass is 147 g/mol. The Morgan fingerprint density at radius 2 is 1.27 bits per heavy atom. The maximum Gasteiger partial charge on any atom is 0.0136 e. The van der Waals surface area contributed by atoms with E-state index in [0.29, 0.717) is 0 Å². The van der Waals surface area contributed by atoms with Crippen LogP contribution in [0.1, 0.15) is 12.8 Å². The molecule has 1 N–H and O–H groups in total. The summed E-state index contributed by atoms with van der Waals surface area (Å²) in [4.78, 5) is 0. The van der Waals surface area contributed by atoms with E-state index < -0.39 is 0 Å². The molecule has 5 fully saturated rings. The second kappa shape index (κ2) is 1.10. The molecular formula is C10H13N. The summed E-state index contributed by atoms with van der Waals surface area (Å²) in [7, 11) is 0. The fraction of sp³-hybridized carbons (Fsp3) is 1.00. The van der Waals surface area contributed by atoms with Crippen molar-refractivity contribution in [1.82, 2.24) is 5.32 Å². The van der Waals surface area contributed by atoms with Gasteiger partial charge >= 0.3 is 0 Å². The van der Waals surface area contributed by atoms with Crippen molar-refractivity contribution in [3.8, 4) is 0 Å². The Morgan fingerprint density at radius 3 is 1.82 bits per heavy atom. The Balaban J connectivity index is 1.90. The van der Waals surface area contributed by atoms with Crippen molar-refractivity contribution in [2.45, 2.75) is 24.9 Å². The number of nitrogens with one attached hydrogen (secondary N) is 1. The lowest BCUT2D eigenvalue weighted by molar-refractivity contribution is 0.0433. The highest BCUT2D eigenvalue weighted by Gasteiger charge is 2.77. The van der Waals surface area contributed by atoms with Gasteiger partial charge in [-0.05, 0) is 48.3 Å². The minimum Gasteiger partial charge on any atom is -0.310 e. The second-order valence-corrected chi connectivity index (χ2v) is 5.50. The third-order valence-corrected chi connectivity index (χ3v) is 5.76. The summed E-state index contributed by atoms with van der Waals surface area (Å²) in [6, 6.07) is 2.03. The topological polar surface area (TPSA) is 12.0 Å². The summed E-state index contributed by atoms with van der Waals surface area (Å²) < 4.78 is 0. The molecular weight excluding hydrogens is 134 g/mol. The van der Waals surface area contributed by atoms with Crippen molar-refractivity contribution in [3.63, 3.8) is 0 Å². The minimum absolute atomic E-state index is 1.01. The van der Waals surface area contributed by atoms with Gasteiger partial charge in [0.25, 0.3) is 0 Å². The van der Waals surface area contributed by atoms with Crippen molar-refractivity contribution in [2.24, 2.45) is 35.5 Å². The summed E-state index contributed by atoms with van der Waals surface area (Å²) in [6.45, 7) is 0. The highest BCUT2D eigenvalue weighted by atomic mass is 15.1. The average molecular weight is 147 g/mol. The van der Waals surface area contributed by atoms with Crippen LogP contribution in [0.2, 0.25) is 0 Å². The van der Waals surface area contributed by atoms with Gasteiger partial charge < -0.3 is 5.32 Å². The first-order valence-corrected chi connectivity index (χ1v) is 5.21. The third-order valence-electron chi connectivity index (χ3n) is 5.76. The van der Waals surface area contributed by atoms with E-state index in [-0.39, 0.29) is 0 Å². The maximum atomic E-state index is 3.87. The Kier molecular flexibility index (Phi) is 0.486. The Hall–Kier alpha value is -0.0400. The molecule has 0 amide bonds. The molecule has 3 saturated carbocycles. The van der Waals surface area contributed by atoms with Crippen LogP contribution < -0.4 is 5.32 Å². The van der Waals surface area contributed by atoms with Crippen LogP contribution in [0.4, 0.5) is 0 Å². The van der Waals surface area contributed by atoms with Crippen molar-refractivity contribution in [2.75, 3.05) is 0 Å². The molecule has 2 aliphatic heterocycles. The lowest BCUT2D eigenvalue weighted by atomic mass is 9.60. The molecule has 8 unspecified atom stereocenters. The van der Waals surface area contributed by atoms with Crippen LogP contribution in [0.25, 0.3) is 0 Å². The van der Waals surface area contributed by atoms with Crippen LogP contribution in [0.15, 0.2) is 0 Å². The smallest absolute Gasteiger partial charge is 0.0136 e. The molecule has 5 aliphatic rings. The minimum atomic E-state index is 1.01. The molecule has 11 heavy (non-hydrogen) atoms. The van der Waals surface area contributed by atoms with Crippen LogP contribution in [0.5, 0.6) is 0 Å². The van der Waals surface area contributed by atoms with Gasteiger partial charge in [-0.3, -0.25) is 0 Å². The maximum absolute atomic E-state index is 3.87. The molecule has 1 nitrogen and oxygen atoms in total. The third kappa shape index (κ3) is 0.274. The first-order valence-electron chi connectivity index (χ1n) is 5.21. The van der Waals surface area contributed by atoms with Gasteiger partial charge in [0.1, 0.15) is 0 Å². The summed E-state index contributed by atoms with van der Waals surface area (Å²) in [5.74, 6) is 7.04. The molecule has 0 spiro atoms. The van der Waals surface area contributed by atoms with Crippen LogP contribution in [-0.4, -0.2) is 12.1 Å². The highest BCUT2D eigenvalue weighted by Crippen LogP contribution is 2.75. The van der Waals surface area contributed by atoms with Gasteiger partial charge in [-0.2, -0.15) is 0 Å². The zero-order valence-electron chi connectivity index (χ0n) is 6.53. The fourth-order valence-electron chi connectivity index (χ4n) is 5.74. The van der Waals surface area contributed by atoms with Gasteiger partial charge in [-0.25, -0.2) is 0 Å². The molecule has 0 aromatic carbocycles. The number of fused-ring (bicyclic) bond motifs is 2. The van der Waals surface area contributed by atoms with Gasteiger partial charge in [0, 0.05) is 12.1 Å². The number of hydrogen-bond acceptors (Lipinski definition) is 1. The zero-order valence-corrected chi connectivity index (χ0v) is 6.53. The molecule has 0 aromatic rings. The lowest BCUT2D eigenvalue weighted by Gasteiger charge is -2.44. The standard InChI is InChI=1S/C10H13N/c1-3-4-2-6-5(1)9-7(3)8(4)10(6)11-9/h3-11H,1-2H2. The largest absolute Gasteiger partial charge is 0.310 e. The van der Waals surface area contributed by atoms with E-state index >= 15 is 0 Å². The van der Waals surface area contributed by atoms with E-state index in [4.69, 9.17) is 0 Å².